The molecule has 0 bridgehead atoms. The topological polar surface area (TPSA) is 69.8 Å². The predicted octanol–water partition coefficient (Wildman–Crippen LogP) is 2.51. The van der Waals surface area contributed by atoms with E-state index in [2.05, 4.69) is 27.8 Å². The molecule has 1 aromatic carbocycles. The Morgan fingerprint density at radius 3 is 2.78 bits per heavy atom. The van der Waals surface area contributed by atoms with Gasteiger partial charge in [0.15, 0.2) is 0 Å². The maximum atomic E-state index is 12.9. The van der Waals surface area contributed by atoms with Gasteiger partial charge in [0.1, 0.15) is 11.5 Å². The lowest BCUT2D eigenvalue weighted by Gasteiger charge is -2.30. The zero-order chi connectivity index (χ0) is 15.5. The molecule has 1 aliphatic heterocycles. The van der Waals surface area contributed by atoms with Gasteiger partial charge in [-0.15, -0.1) is 12.4 Å². The average molecular weight is 339 g/mol. The normalized spacial score (nSPS) is 20.6. The van der Waals surface area contributed by atoms with Gasteiger partial charge in [-0.2, -0.15) is 5.10 Å². The third-order valence-electron chi connectivity index (χ3n) is 4.04. The number of amides is 1. The van der Waals surface area contributed by atoms with E-state index in [4.69, 9.17) is 0 Å². The van der Waals surface area contributed by atoms with Crippen molar-refractivity contribution in [3.05, 3.63) is 41.8 Å². The Bertz CT molecular complexity index is 658. The number of H-pyrrole nitrogens is 1. The minimum atomic E-state index is -0.295. The first kappa shape index (κ1) is 17.4. The molecule has 124 valence electrons. The van der Waals surface area contributed by atoms with E-state index < -0.39 is 0 Å². The summed E-state index contributed by atoms with van der Waals surface area (Å²) in [5.41, 5.74) is 1.81. The molecule has 2 atom stereocenters. The van der Waals surface area contributed by atoms with E-state index in [0.29, 0.717) is 11.4 Å². The Hall–Kier alpha value is -1.92. The first-order valence-electron chi connectivity index (χ1n) is 7.49. The Morgan fingerprint density at radius 1 is 1.35 bits per heavy atom. The molecule has 2 unspecified atom stereocenters. The number of carbonyl (C=O) groups is 1. The van der Waals surface area contributed by atoms with Gasteiger partial charge in [-0.1, -0.05) is 0 Å². The molecule has 23 heavy (non-hydrogen) atoms. The van der Waals surface area contributed by atoms with Crippen LogP contribution in [-0.4, -0.2) is 34.7 Å². The van der Waals surface area contributed by atoms with Gasteiger partial charge in [0.05, 0.1) is 5.69 Å². The molecule has 1 fully saturated rings. The summed E-state index contributed by atoms with van der Waals surface area (Å²) in [6.45, 7) is 3.06. The summed E-state index contributed by atoms with van der Waals surface area (Å²) in [4.78, 5) is 12.3. The quantitative estimate of drug-likeness (QED) is 0.805. The van der Waals surface area contributed by atoms with Crippen LogP contribution in [0, 0.1) is 5.82 Å². The van der Waals surface area contributed by atoms with Crippen LogP contribution in [0.1, 0.15) is 30.3 Å². The smallest absolute Gasteiger partial charge is 0.269 e. The Morgan fingerprint density at radius 2 is 2.09 bits per heavy atom. The van der Waals surface area contributed by atoms with Crippen molar-refractivity contribution in [2.45, 2.75) is 31.8 Å². The number of benzene rings is 1. The third kappa shape index (κ3) is 4.09. The van der Waals surface area contributed by atoms with Crippen LogP contribution in [-0.2, 0) is 0 Å². The van der Waals surface area contributed by atoms with Crippen LogP contribution >= 0.6 is 12.4 Å². The summed E-state index contributed by atoms with van der Waals surface area (Å²) in [6, 6.07) is 8.10. The van der Waals surface area contributed by atoms with E-state index in [0.717, 1.165) is 24.9 Å². The monoisotopic (exact) mass is 338 g/mol. The fourth-order valence-electron chi connectivity index (χ4n) is 2.69. The van der Waals surface area contributed by atoms with Crippen LogP contribution in [0.3, 0.4) is 0 Å². The second kappa shape index (κ2) is 7.57. The number of piperidine rings is 1. The number of carbonyl (C=O) groups excluding carboxylic acids is 1. The minimum Gasteiger partial charge on any atom is -0.346 e. The van der Waals surface area contributed by atoms with Gasteiger partial charge < -0.3 is 10.6 Å². The highest BCUT2D eigenvalue weighted by molar-refractivity contribution is 5.93. The van der Waals surface area contributed by atoms with Gasteiger partial charge in [0.25, 0.3) is 5.91 Å². The summed E-state index contributed by atoms with van der Waals surface area (Å²) in [5, 5.41) is 13.2. The molecule has 0 aliphatic carbocycles. The minimum absolute atomic E-state index is 0. The molecule has 1 aliphatic rings. The van der Waals surface area contributed by atoms with Crippen molar-refractivity contribution in [1.82, 2.24) is 20.8 Å². The van der Waals surface area contributed by atoms with Gasteiger partial charge >= 0.3 is 0 Å². The molecule has 0 saturated carbocycles. The molecule has 2 heterocycles. The fourth-order valence-corrected chi connectivity index (χ4v) is 2.69. The number of hydrogen-bond donors (Lipinski definition) is 3. The van der Waals surface area contributed by atoms with E-state index in [-0.39, 0.29) is 36.2 Å². The summed E-state index contributed by atoms with van der Waals surface area (Å²) < 4.78 is 12.9. The zero-order valence-electron chi connectivity index (χ0n) is 12.8. The predicted molar refractivity (Wildman–Crippen MR) is 89.2 cm³/mol. The van der Waals surface area contributed by atoms with Crippen LogP contribution in [0.25, 0.3) is 11.3 Å². The van der Waals surface area contributed by atoms with Crippen molar-refractivity contribution in [2.75, 3.05) is 6.54 Å². The van der Waals surface area contributed by atoms with E-state index in [9.17, 15) is 9.18 Å². The highest BCUT2D eigenvalue weighted by Gasteiger charge is 2.23. The number of aromatic amines is 1. The third-order valence-corrected chi connectivity index (χ3v) is 4.04. The highest BCUT2D eigenvalue weighted by atomic mass is 35.5. The van der Waals surface area contributed by atoms with Crippen LogP contribution in [0.15, 0.2) is 30.3 Å². The average Bonchev–Trinajstić information content (AvgIpc) is 3.00. The number of nitrogens with one attached hydrogen (secondary N) is 3. The number of rotatable bonds is 3. The molecule has 1 amide bonds. The van der Waals surface area contributed by atoms with Gasteiger partial charge in [-0.3, -0.25) is 9.89 Å². The number of hydrogen-bond acceptors (Lipinski definition) is 3. The van der Waals surface area contributed by atoms with Crippen molar-refractivity contribution in [3.63, 3.8) is 0 Å². The molecule has 3 N–H and O–H groups in total. The molecule has 7 heteroatoms. The summed E-state index contributed by atoms with van der Waals surface area (Å²) >= 11 is 0. The second-order valence-corrected chi connectivity index (χ2v) is 5.64. The van der Waals surface area contributed by atoms with Gasteiger partial charge in [-0.05, 0) is 56.6 Å². The lowest BCUT2D eigenvalue weighted by molar-refractivity contribution is 0.0914. The van der Waals surface area contributed by atoms with Gasteiger partial charge in [0.2, 0.25) is 0 Å². The van der Waals surface area contributed by atoms with Crippen LogP contribution in [0.5, 0.6) is 0 Å². The summed E-state index contributed by atoms with van der Waals surface area (Å²) in [6.07, 6.45) is 2.03. The largest absolute Gasteiger partial charge is 0.346 e. The van der Waals surface area contributed by atoms with E-state index >= 15 is 0 Å². The molecule has 0 spiro atoms. The van der Waals surface area contributed by atoms with Crippen LogP contribution in [0.2, 0.25) is 0 Å². The first-order chi connectivity index (χ1) is 10.6. The van der Waals surface area contributed by atoms with Crippen molar-refractivity contribution < 1.29 is 9.18 Å². The second-order valence-electron chi connectivity index (χ2n) is 5.64. The molecular weight excluding hydrogens is 319 g/mol. The molecule has 2 aromatic rings. The molecule has 5 nitrogen and oxygen atoms in total. The van der Waals surface area contributed by atoms with Crippen LogP contribution < -0.4 is 10.6 Å². The molecular formula is C16H20ClFN4O. The number of nitrogens with zero attached hydrogens (tertiary/aromatic N) is 1. The van der Waals surface area contributed by atoms with E-state index in [1.54, 1.807) is 18.2 Å². The number of aromatic nitrogens is 2. The van der Waals surface area contributed by atoms with Crippen LogP contribution in [0.4, 0.5) is 4.39 Å². The Balaban J connectivity index is 0.00000192. The lowest BCUT2D eigenvalue weighted by Crippen LogP contribution is -2.51. The van der Waals surface area contributed by atoms with E-state index in [1.807, 2.05) is 0 Å². The van der Waals surface area contributed by atoms with Gasteiger partial charge in [-0.25, -0.2) is 4.39 Å². The SMILES string of the molecule is CC1NCCCC1NC(=O)c1cc(-c2ccc(F)cc2)n[nH]1.Cl. The summed E-state index contributed by atoms with van der Waals surface area (Å²) in [5.74, 6) is -0.461. The van der Waals surface area contributed by atoms with Crippen molar-refractivity contribution in [2.24, 2.45) is 0 Å². The molecule has 1 saturated heterocycles. The fraction of sp³-hybridized carbons (Fsp3) is 0.375. The van der Waals surface area contributed by atoms with Crippen molar-refractivity contribution >= 4 is 18.3 Å². The standard InChI is InChI=1S/C16H19FN4O.ClH/c1-10-13(3-2-8-18-10)19-16(22)15-9-14(20-21-15)11-4-6-12(17)7-5-11;/h4-7,9-10,13,18H,2-3,8H2,1H3,(H,19,22)(H,20,21);1H. The molecule has 3 rings (SSSR count). The maximum Gasteiger partial charge on any atom is 0.269 e. The van der Waals surface area contributed by atoms with Crippen molar-refractivity contribution in [1.29, 1.82) is 0 Å². The number of halogens is 2. The molecule has 1 aromatic heterocycles. The lowest BCUT2D eigenvalue weighted by atomic mass is 10.00. The molecule has 0 radical (unpaired) electrons. The summed E-state index contributed by atoms with van der Waals surface area (Å²) in [7, 11) is 0. The maximum absolute atomic E-state index is 12.9. The Labute approximate surface area is 140 Å². The first-order valence-corrected chi connectivity index (χ1v) is 7.49. The Kier molecular flexibility index (Phi) is 5.74. The van der Waals surface area contributed by atoms with E-state index in [1.165, 1.54) is 12.1 Å². The highest BCUT2D eigenvalue weighted by Crippen LogP contribution is 2.18. The van der Waals surface area contributed by atoms with Gasteiger partial charge in [0, 0.05) is 17.6 Å². The van der Waals surface area contributed by atoms with Crippen molar-refractivity contribution in [3.8, 4) is 11.3 Å². The zero-order valence-corrected chi connectivity index (χ0v) is 13.6.